The molecular formula is C24H27N5O3S. The number of rotatable bonds is 8. The fourth-order valence-electron chi connectivity index (χ4n) is 3.69. The van der Waals surface area contributed by atoms with Gasteiger partial charge in [-0.25, -0.2) is 9.67 Å². The Kier molecular flexibility index (Phi) is 6.71. The fourth-order valence-corrected chi connectivity index (χ4v) is 4.64. The Morgan fingerprint density at radius 1 is 1.15 bits per heavy atom. The van der Waals surface area contributed by atoms with E-state index in [1.165, 1.54) is 11.8 Å². The molecule has 9 heteroatoms. The number of hydrogen-bond acceptors (Lipinski definition) is 5. The van der Waals surface area contributed by atoms with Gasteiger partial charge in [0.05, 0.1) is 34.3 Å². The number of thioether (sulfide) groups is 1. The second kappa shape index (κ2) is 9.68. The van der Waals surface area contributed by atoms with Crippen molar-refractivity contribution >= 4 is 34.4 Å². The maximum absolute atomic E-state index is 13.1. The van der Waals surface area contributed by atoms with Crippen molar-refractivity contribution in [3.05, 3.63) is 70.6 Å². The number of carbonyl (C=O) groups excluding carboxylic acids is 1. The second-order valence-corrected chi connectivity index (χ2v) is 9.02. The molecule has 0 fully saturated rings. The molecule has 0 spiro atoms. The van der Waals surface area contributed by atoms with Gasteiger partial charge in [-0.3, -0.25) is 14.3 Å². The molecule has 2 heterocycles. The van der Waals surface area contributed by atoms with Crippen LogP contribution in [0.4, 0.5) is 5.69 Å². The summed E-state index contributed by atoms with van der Waals surface area (Å²) < 4.78 is 10.6. The van der Waals surface area contributed by atoms with Crippen molar-refractivity contribution in [1.82, 2.24) is 18.9 Å². The van der Waals surface area contributed by atoms with Gasteiger partial charge in [0.2, 0.25) is 5.91 Å². The Hall–Kier alpha value is -3.30. The van der Waals surface area contributed by atoms with Gasteiger partial charge in [0.1, 0.15) is 5.69 Å². The van der Waals surface area contributed by atoms with E-state index in [0.29, 0.717) is 18.8 Å². The highest BCUT2D eigenvalue weighted by atomic mass is 32.2. The number of amides is 1. The van der Waals surface area contributed by atoms with Gasteiger partial charge in [0.15, 0.2) is 5.16 Å². The summed E-state index contributed by atoms with van der Waals surface area (Å²) in [4.78, 5) is 30.9. The Morgan fingerprint density at radius 3 is 2.58 bits per heavy atom. The first-order valence-electron chi connectivity index (χ1n) is 10.7. The molecule has 1 amide bonds. The van der Waals surface area contributed by atoms with Gasteiger partial charge in [0.25, 0.3) is 5.56 Å². The average Bonchev–Trinajstić information content (AvgIpc) is 3.27. The molecule has 1 atom stereocenters. The highest BCUT2D eigenvalue weighted by molar-refractivity contribution is 8.00. The van der Waals surface area contributed by atoms with Gasteiger partial charge in [-0.1, -0.05) is 42.1 Å². The standard InChI is InChI=1S/C24H27N5O3S/c1-16-21(23(31)29(27(16)3)18-10-6-5-7-11-18)26-22(30)17(2)33-24-25-19-12-8-9-13-20(19)28(24)14-15-32-4/h5-13,17H,14-15H2,1-4H3,(H,26,30)/t17-/m0/s1. The van der Waals surface area contributed by atoms with Gasteiger partial charge in [0, 0.05) is 20.7 Å². The van der Waals surface area contributed by atoms with Crippen LogP contribution in [-0.2, 0) is 23.1 Å². The van der Waals surface area contributed by atoms with Gasteiger partial charge < -0.3 is 14.6 Å². The normalized spacial score (nSPS) is 12.2. The number of carbonyl (C=O) groups is 1. The van der Waals surface area contributed by atoms with E-state index >= 15 is 0 Å². The van der Waals surface area contributed by atoms with Crippen LogP contribution >= 0.6 is 11.8 Å². The quantitative estimate of drug-likeness (QED) is 0.402. The van der Waals surface area contributed by atoms with Crippen molar-refractivity contribution in [2.75, 3.05) is 19.0 Å². The van der Waals surface area contributed by atoms with Crippen molar-refractivity contribution in [3.63, 3.8) is 0 Å². The topological polar surface area (TPSA) is 83.1 Å². The van der Waals surface area contributed by atoms with E-state index in [2.05, 4.69) is 9.88 Å². The van der Waals surface area contributed by atoms with E-state index in [0.717, 1.165) is 21.9 Å². The third-order valence-corrected chi connectivity index (χ3v) is 6.68. The molecule has 4 rings (SSSR count). The summed E-state index contributed by atoms with van der Waals surface area (Å²) in [5, 5.41) is 3.12. The van der Waals surface area contributed by atoms with Crippen molar-refractivity contribution in [1.29, 1.82) is 0 Å². The van der Waals surface area contributed by atoms with Crippen molar-refractivity contribution < 1.29 is 9.53 Å². The molecule has 172 valence electrons. The van der Waals surface area contributed by atoms with Crippen LogP contribution in [-0.4, -0.2) is 43.8 Å². The third-order valence-electron chi connectivity index (χ3n) is 5.59. The Balaban J connectivity index is 1.58. The molecule has 4 aromatic rings. The van der Waals surface area contributed by atoms with Gasteiger partial charge in [-0.2, -0.15) is 0 Å². The zero-order chi connectivity index (χ0) is 23.5. The number of anilines is 1. The highest BCUT2D eigenvalue weighted by Crippen LogP contribution is 2.28. The first-order valence-corrected chi connectivity index (χ1v) is 11.6. The summed E-state index contributed by atoms with van der Waals surface area (Å²) in [6.07, 6.45) is 0. The second-order valence-electron chi connectivity index (χ2n) is 7.71. The molecule has 0 unspecified atom stereocenters. The number of ether oxygens (including phenoxy) is 1. The van der Waals surface area contributed by atoms with Gasteiger partial charge >= 0.3 is 0 Å². The van der Waals surface area contributed by atoms with Crippen LogP contribution in [0.2, 0.25) is 0 Å². The van der Waals surface area contributed by atoms with Crippen LogP contribution in [0.15, 0.2) is 64.5 Å². The molecule has 0 aliphatic carbocycles. The zero-order valence-electron chi connectivity index (χ0n) is 19.1. The van der Waals surface area contributed by atoms with E-state index in [4.69, 9.17) is 9.72 Å². The first-order chi connectivity index (χ1) is 15.9. The van der Waals surface area contributed by atoms with Crippen molar-refractivity contribution in [3.8, 4) is 5.69 Å². The van der Waals surface area contributed by atoms with E-state index in [1.807, 2.05) is 68.4 Å². The van der Waals surface area contributed by atoms with Crippen LogP contribution in [0, 0.1) is 6.92 Å². The Labute approximate surface area is 196 Å². The van der Waals surface area contributed by atoms with Crippen LogP contribution in [0.5, 0.6) is 0 Å². The lowest BCUT2D eigenvalue weighted by molar-refractivity contribution is -0.115. The maximum atomic E-state index is 13.1. The van der Waals surface area contributed by atoms with Gasteiger partial charge in [-0.15, -0.1) is 0 Å². The van der Waals surface area contributed by atoms with Crippen molar-refractivity contribution in [2.45, 2.75) is 30.8 Å². The SMILES string of the molecule is COCCn1c(S[C@@H](C)C(=O)Nc2c(C)n(C)n(-c3ccccc3)c2=O)nc2ccccc21. The number of aromatic nitrogens is 4. The molecule has 0 saturated carbocycles. The lowest BCUT2D eigenvalue weighted by Crippen LogP contribution is -2.27. The molecule has 0 radical (unpaired) electrons. The number of benzene rings is 2. The third kappa shape index (κ3) is 4.46. The van der Waals surface area contributed by atoms with Crippen molar-refractivity contribution in [2.24, 2.45) is 7.05 Å². The molecule has 1 N–H and O–H groups in total. The Bertz CT molecular complexity index is 1340. The number of para-hydroxylation sites is 3. The first kappa shape index (κ1) is 22.9. The summed E-state index contributed by atoms with van der Waals surface area (Å²) >= 11 is 1.36. The smallest absolute Gasteiger partial charge is 0.295 e. The number of imidazole rings is 1. The minimum atomic E-state index is -0.465. The number of methoxy groups -OCH3 is 1. The van der Waals surface area contributed by atoms with Crippen LogP contribution < -0.4 is 10.9 Å². The van der Waals surface area contributed by atoms with Crippen LogP contribution in [0.3, 0.4) is 0 Å². The van der Waals surface area contributed by atoms with E-state index in [9.17, 15) is 9.59 Å². The molecule has 8 nitrogen and oxygen atoms in total. The lowest BCUT2D eigenvalue weighted by Gasteiger charge is -2.13. The fraction of sp³-hybridized carbons (Fsp3) is 0.292. The predicted molar refractivity (Wildman–Crippen MR) is 131 cm³/mol. The molecular weight excluding hydrogens is 438 g/mol. The van der Waals surface area contributed by atoms with E-state index in [1.54, 1.807) is 23.5 Å². The average molecular weight is 466 g/mol. The molecule has 0 saturated heterocycles. The largest absolute Gasteiger partial charge is 0.383 e. The zero-order valence-corrected chi connectivity index (χ0v) is 19.9. The predicted octanol–water partition coefficient (Wildman–Crippen LogP) is 3.60. The van der Waals surface area contributed by atoms with E-state index in [-0.39, 0.29) is 17.2 Å². The lowest BCUT2D eigenvalue weighted by atomic mass is 10.3. The summed E-state index contributed by atoms with van der Waals surface area (Å²) in [7, 11) is 3.46. The number of nitrogens with one attached hydrogen (secondary N) is 1. The molecule has 2 aromatic carbocycles. The molecule has 0 aliphatic rings. The maximum Gasteiger partial charge on any atom is 0.295 e. The minimum Gasteiger partial charge on any atom is -0.383 e. The number of fused-ring (bicyclic) bond motifs is 1. The summed E-state index contributed by atoms with van der Waals surface area (Å²) in [5.41, 5.74) is 3.30. The van der Waals surface area contributed by atoms with E-state index < -0.39 is 5.25 Å². The number of hydrogen-bond donors (Lipinski definition) is 1. The molecule has 0 aliphatic heterocycles. The summed E-state index contributed by atoms with van der Waals surface area (Å²) in [6.45, 7) is 4.80. The Morgan fingerprint density at radius 2 is 1.85 bits per heavy atom. The number of nitrogens with zero attached hydrogens (tertiary/aromatic N) is 4. The molecule has 33 heavy (non-hydrogen) atoms. The summed E-state index contributed by atoms with van der Waals surface area (Å²) in [5.74, 6) is -0.253. The van der Waals surface area contributed by atoms with Gasteiger partial charge in [-0.05, 0) is 38.1 Å². The van der Waals surface area contributed by atoms with Crippen LogP contribution in [0.1, 0.15) is 12.6 Å². The summed E-state index contributed by atoms with van der Waals surface area (Å²) in [6, 6.07) is 17.2. The minimum absolute atomic E-state index is 0.253. The molecule has 2 aromatic heterocycles. The molecule has 0 bridgehead atoms. The highest BCUT2D eigenvalue weighted by Gasteiger charge is 2.23. The monoisotopic (exact) mass is 465 g/mol. The van der Waals surface area contributed by atoms with Crippen LogP contribution in [0.25, 0.3) is 16.7 Å².